The van der Waals surface area contributed by atoms with Crippen LogP contribution in [-0.4, -0.2) is 41.8 Å². The molecule has 1 aromatic carbocycles. The van der Waals surface area contributed by atoms with E-state index in [1.54, 1.807) is 26.4 Å². The summed E-state index contributed by atoms with van der Waals surface area (Å²) in [6.45, 7) is 0.449. The Morgan fingerprint density at radius 3 is 2.71 bits per heavy atom. The zero-order valence-corrected chi connectivity index (χ0v) is 13.3. The van der Waals surface area contributed by atoms with Gasteiger partial charge in [-0.1, -0.05) is 0 Å². The Morgan fingerprint density at radius 1 is 1.29 bits per heavy atom. The lowest BCUT2D eigenvalue weighted by atomic mass is 9.99. The van der Waals surface area contributed by atoms with Gasteiger partial charge in [0.05, 0.1) is 44.8 Å². The number of nitrogens with zero attached hydrogens (tertiary/aromatic N) is 2. The van der Waals surface area contributed by atoms with Crippen molar-refractivity contribution in [2.24, 2.45) is 0 Å². The molecule has 3 rings (SSSR count). The lowest BCUT2D eigenvalue weighted by molar-refractivity contribution is 0.0913. The van der Waals surface area contributed by atoms with E-state index in [1.165, 1.54) is 12.4 Å². The summed E-state index contributed by atoms with van der Waals surface area (Å²) in [5.74, 6) is 1.23. The number of hydrogen-bond acceptors (Lipinski definition) is 7. The molecule has 1 aromatic heterocycles. The molecular formula is C16H17N3O5. The molecule has 2 aromatic rings. The van der Waals surface area contributed by atoms with Crippen molar-refractivity contribution in [2.75, 3.05) is 20.8 Å². The molecule has 24 heavy (non-hydrogen) atoms. The minimum Gasteiger partial charge on any atom is -0.505 e. The number of amides is 1. The highest BCUT2D eigenvalue weighted by atomic mass is 16.5. The van der Waals surface area contributed by atoms with Gasteiger partial charge in [0.15, 0.2) is 5.75 Å². The molecule has 0 fully saturated rings. The maximum absolute atomic E-state index is 12.3. The van der Waals surface area contributed by atoms with E-state index >= 15 is 0 Å². The summed E-state index contributed by atoms with van der Waals surface area (Å²) in [5, 5.41) is 12.1. The SMILES string of the molecule is COc1cc(OC)c2c(c1)OCCC2NC(=O)c1ncc(O)cn1. The number of carbonyl (C=O) groups excluding carboxylic acids is 1. The number of hydrogen-bond donors (Lipinski definition) is 2. The zero-order valence-electron chi connectivity index (χ0n) is 13.3. The summed E-state index contributed by atoms with van der Waals surface area (Å²) in [6, 6.07) is 3.19. The average molecular weight is 331 g/mol. The number of carbonyl (C=O) groups is 1. The zero-order chi connectivity index (χ0) is 17.1. The highest BCUT2D eigenvalue weighted by Crippen LogP contribution is 2.42. The lowest BCUT2D eigenvalue weighted by Crippen LogP contribution is -2.33. The van der Waals surface area contributed by atoms with Gasteiger partial charge in [0.1, 0.15) is 17.2 Å². The number of rotatable bonds is 4. The molecule has 0 saturated heterocycles. The maximum Gasteiger partial charge on any atom is 0.289 e. The van der Waals surface area contributed by atoms with Crippen LogP contribution in [0.3, 0.4) is 0 Å². The van der Waals surface area contributed by atoms with Gasteiger partial charge in [-0.15, -0.1) is 0 Å². The van der Waals surface area contributed by atoms with Crippen LogP contribution in [0.1, 0.15) is 28.6 Å². The van der Waals surface area contributed by atoms with E-state index in [0.29, 0.717) is 30.3 Å². The smallest absolute Gasteiger partial charge is 0.289 e. The average Bonchev–Trinajstić information content (AvgIpc) is 2.61. The van der Waals surface area contributed by atoms with Gasteiger partial charge in [0.2, 0.25) is 5.82 Å². The highest BCUT2D eigenvalue weighted by molar-refractivity contribution is 5.90. The van der Waals surface area contributed by atoms with Crippen molar-refractivity contribution in [3.05, 3.63) is 35.9 Å². The predicted molar refractivity (Wildman–Crippen MR) is 83.6 cm³/mol. The Bertz CT molecular complexity index is 731. The number of aromatic hydroxyl groups is 1. The Kier molecular flexibility index (Phi) is 4.37. The van der Waals surface area contributed by atoms with Gasteiger partial charge < -0.3 is 24.6 Å². The second-order valence-corrected chi connectivity index (χ2v) is 5.17. The number of methoxy groups -OCH3 is 2. The Morgan fingerprint density at radius 2 is 2.04 bits per heavy atom. The topological polar surface area (TPSA) is 103 Å². The van der Waals surface area contributed by atoms with E-state index in [2.05, 4.69) is 15.3 Å². The van der Waals surface area contributed by atoms with Gasteiger partial charge in [-0.2, -0.15) is 0 Å². The largest absolute Gasteiger partial charge is 0.505 e. The second-order valence-electron chi connectivity index (χ2n) is 5.17. The molecule has 1 unspecified atom stereocenters. The van der Waals surface area contributed by atoms with Crippen LogP contribution in [0.4, 0.5) is 0 Å². The van der Waals surface area contributed by atoms with E-state index in [-0.39, 0.29) is 17.6 Å². The quantitative estimate of drug-likeness (QED) is 0.874. The fourth-order valence-corrected chi connectivity index (χ4v) is 2.56. The van der Waals surface area contributed by atoms with Gasteiger partial charge in [-0.25, -0.2) is 9.97 Å². The van der Waals surface area contributed by atoms with Crippen LogP contribution in [0.25, 0.3) is 0 Å². The summed E-state index contributed by atoms with van der Waals surface area (Å²) in [6.07, 6.45) is 2.93. The normalized spacial score (nSPS) is 15.8. The van der Waals surface area contributed by atoms with Crippen LogP contribution in [0.2, 0.25) is 0 Å². The Hall–Kier alpha value is -3.03. The van der Waals surface area contributed by atoms with Crippen molar-refractivity contribution in [1.29, 1.82) is 0 Å². The first-order valence-corrected chi connectivity index (χ1v) is 7.33. The minimum absolute atomic E-state index is 0.0201. The monoisotopic (exact) mass is 331 g/mol. The first-order chi connectivity index (χ1) is 11.6. The second kappa shape index (κ2) is 6.61. The predicted octanol–water partition coefficient (Wildman–Crippen LogP) is 1.45. The van der Waals surface area contributed by atoms with Gasteiger partial charge in [0.25, 0.3) is 5.91 Å². The molecule has 8 heteroatoms. The number of ether oxygens (including phenoxy) is 3. The number of fused-ring (bicyclic) bond motifs is 1. The van der Waals surface area contributed by atoms with E-state index in [0.717, 1.165) is 5.56 Å². The standard InChI is InChI=1S/C16H17N3O5/c1-22-10-5-12(23-2)14-11(3-4-24-13(14)6-10)19-16(21)15-17-7-9(20)8-18-15/h5-8,11,20H,3-4H2,1-2H3,(H,19,21). The Labute approximate surface area is 138 Å². The van der Waals surface area contributed by atoms with Crippen LogP contribution < -0.4 is 19.5 Å². The van der Waals surface area contributed by atoms with Crippen molar-refractivity contribution in [1.82, 2.24) is 15.3 Å². The summed E-state index contributed by atoms with van der Waals surface area (Å²) >= 11 is 0. The molecule has 1 atom stereocenters. The third-order valence-electron chi connectivity index (χ3n) is 3.69. The molecule has 126 valence electrons. The van der Waals surface area contributed by atoms with Gasteiger partial charge in [-0.3, -0.25) is 4.79 Å². The minimum atomic E-state index is -0.439. The molecule has 1 aliphatic rings. The maximum atomic E-state index is 12.3. The van der Waals surface area contributed by atoms with Gasteiger partial charge >= 0.3 is 0 Å². The van der Waals surface area contributed by atoms with Gasteiger partial charge in [-0.05, 0) is 0 Å². The summed E-state index contributed by atoms with van der Waals surface area (Å²) in [5.41, 5.74) is 0.747. The molecule has 0 spiro atoms. The Balaban J connectivity index is 1.89. The highest BCUT2D eigenvalue weighted by Gasteiger charge is 2.28. The fourth-order valence-electron chi connectivity index (χ4n) is 2.56. The molecule has 1 amide bonds. The summed E-state index contributed by atoms with van der Waals surface area (Å²) in [7, 11) is 3.11. The molecule has 2 heterocycles. The van der Waals surface area contributed by atoms with E-state index in [9.17, 15) is 9.90 Å². The van der Waals surface area contributed by atoms with Crippen molar-refractivity contribution >= 4 is 5.91 Å². The van der Waals surface area contributed by atoms with Crippen LogP contribution in [0.5, 0.6) is 23.0 Å². The first kappa shape index (κ1) is 15.9. The summed E-state index contributed by atoms with van der Waals surface area (Å²) < 4.78 is 16.3. The molecular weight excluding hydrogens is 314 g/mol. The molecule has 0 radical (unpaired) electrons. The number of aromatic nitrogens is 2. The molecule has 0 saturated carbocycles. The molecule has 0 aliphatic carbocycles. The van der Waals surface area contributed by atoms with Gasteiger partial charge in [0, 0.05) is 18.6 Å². The van der Waals surface area contributed by atoms with E-state index in [1.807, 2.05) is 0 Å². The van der Waals surface area contributed by atoms with Crippen molar-refractivity contribution in [3.63, 3.8) is 0 Å². The molecule has 8 nitrogen and oxygen atoms in total. The van der Waals surface area contributed by atoms with E-state index < -0.39 is 5.91 Å². The lowest BCUT2D eigenvalue weighted by Gasteiger charge is -2.28. The van der Waals surface area contributed by atoms with Crippen molar-refractivity contribution in [3.8, 4) is 23.0 Å². The first-order valence-electron chi connectivity index (χ1n) is 7.33. The number of benzene rings is 1. The fraction of sp³-hybridized carbons (Fsp3) is 0.312. The van der Waals surface area contributed by atoms with Crippen LogP contribution in [0, 0.1) is 0 Å². The molecule has 2 N–H and O–H groups in total. The van der Waals surface area contributed by atoms with Crippen LogP contribution in [-0.2, 0) is 0 Å². The third-order valence-corrected chi connectivity index (χ3v) is 3.69. The summed E-state index contributed by atoms with van der Waals surface area (Å²) in [4.78, 5) is 20.0. The third kappa shape index (κ3) is 3.03. The van der Waals surface area contributed by atoms with Crippen LogP contribution in [0.15, 0.2) is 24.5 Å². The van der Waals surface area contributed by atoms with Crippen molar-refractivity contribution < 1.29 is 24.1 Å². The van der Waals surface area contributed by atoms with Crippen LogP contribution >= 0.6 is 0 Å². The number of nitrogens with one attached hydrogen (secondary N) is 1. The van der Waals surface area contributed by atoms with E-state index in [4.69, 9.17) is 14.2 Å². The molecule has 0 bridgehead atoms. The van der Waals surface area contributed by atoms with Crippen molar-refractivity contribution in [2.45, 2.75) is 12.5 Å². The molecule has 1 aliphatic heterocycles.